The molecule has 0 aromatic carbocycles. The lowest BCUT2D eigenvalue weighted by molar-refractivity contribution is 0.0157. The third-order valence-corrected chi connectivity index (χ3v) is 5.69. The molecule has 124 valence electrons. The number of methoxy groups -OCH3 is 1. The first-order chi connectivity index (χ1) is 10.2. The first-order valence-corrected chi connectivity index (χ1v) is 9.13. The third kappa shape index (κ3) is 5.22. The lowest BCUT2D eigenvalue weighted by atomic mass is 9.70. The Labute approximate surface area is 131 Å². The van der Waals surface area contributed by atoms with Crippen molar-refractivity contribution in [1.82, 2.24) is 10.2 Å². The van der Waals surface area contributed by atoms with Crippen LogP contribution in [0.4, 0.5) is 0 Å². The average Bonchev–Trinajstić information content (AvgIpc) is 2.51. The fourth-order valence-corrected chi connectivity index (χ4v) is 4.07. The summed E-state index contributed by atoms with van der Waals surface area (Å²) in [6, 6.07) is 0. The Morgan fingerprint density at radius 3 is 2.38 bits per heavy atom. The smallest absolute Gasteiger partial charge is 0.0595 e. The first-order valence-electron chi connectivity index (χ1n) is 9.13. The summed E-state index contributed by atoms with van der Waals surface area (Å²) < 4.78 is 5.51. The molecule has 0 radical (unpaired) electrons. The fourth-order valence-electron chi connectivity index (χ4n) is 4.07. The highest BCUT2D eigenvalue weighted by Gasteiger charge is 2.36. The van der Waals surface area contributed by atoms with Crippen molar-refractivity contribution >= 4 is 0 Å². The Bertz CT molecular complexity index is 279. The molecule has 0 unspecified atom stereocenters. The number of hydrogen-bond donors (Lipinski definition) is 1. The summed E-state index contributed by atoms with van der Waals surface area (Å²) in [5.41, 5.74) is 0.529. The van der Waals surface area contributed by atoms with E-state index < -0.39 is 0 Å². The fraction of sp³-hybridized carbons (Fsp3) is 1.00. The van der Waals surface area contributed by atoms with Gasteiger partial charge in [0.1, 0.15) is 0 Å². The van der Waals surface area contributed by atoms with E-state index in [9.17, 15) is 0 Å². The molecule has 21 heavy (non-hydrogen) atoms. The van der Waals surface area contributed by atoms with Crippen molar-refractivity contribution in [2.75, 3.05) is 39.8 Å². The molecule has 3 heteroatoms. The summed E-state index contributed by atoms with van der Waals surface area (Å²) >= 11 is 0. The highest BCUT2D eigenvalue weighted by Crippen LogP contribution is 2.39. The molecule has 0 bridgehead atoms. The molecule has 1 heterocycles. The van der Waals surface area contributed by atoms with Crippen LogP contribution >= 0.6 is 0 Å². The molecule has 0 spiro atoms. The van der Waals surface area contributed by atoms with E-state index in [2.05, 4.69) is 24.1 Å². The van der Waals surface area contributed by atoms with Crippen LogP contribution in [0.5, 0.6) is 0 Å². The summed E-state index contributed by atoms with van der Waals surface area (Å²) in [5, 5.41) is 3.72. The molecule has 0 atom stereocenters. The first kappa shape index (κ1) is 17.2. The molecule has 2 rings (SSSR count). The lowest BCUT2D eigenvalue weighted by Gasteiger charge is -2.44. The quantitative estimate of drug-likeness (QED) is 0.730. The van der Waals surface area contributed by atoms with Gasteiger partial charge in [-0.1, -0.05) is 26.7 Å². The van der Waals surface area contributed by atoms with Gasteiger partial charge in [-0.05, 0) is 50.0 Å². The molecule has 1 saturated carbocycles. The van der Waals surface area contributed by atoms with E-state index in [4.69, 9.17) is 4.74 Å². The van der Waals surface area contributed by atoms with Crippen LogP contribution in [0.1, 0.15) is 58.8 Å². The molecule has 2 fully saturated rings. The van der Waals surface area contributed by atoms with Crippen LogP contribution in [0, 0.1) is 11.3 Å². The molecular formula is C18H36N2O. The minimum Gasteiger partial charge on any atom is -0.381 e. The minimum absolute atomic E-state index is 0.502. The second-order valence-corrected chi connectivity index (χ2v) is 7.57. The number of likely N-dealkylation sites (tertiary alicyclic amines) is 1. The summed E-state index contributed by atoms with van der Waals surface area (Å²) in [7, 11) is 1.86. The van der Waals surface area contributed by atoms with Crippen LogP contribution in [0.15, 0.2) is 0 Å². The van der Waals surface area contributed by atoms with Crippen LogP contribution < -0.4 is 5.32 Å². The number of nitrogens with one attached hydrogen (secondary N) is 1. The molecular weight excluding hydrogens is 260 g/mol. The third-order valence-electron chi connectivity index (χ3n) is 5.69. The normalized spacial score (nSPS) is 32.4. The van der Waals surface area contributed by atoms with Crippen molar-refractivity contribution in [2.24, 2.45) is 11.3 Å². The van der Waals surface area contributed by atoms with Crippen molar-refractivity contribution in [3.8, 4) is 0 Å². The Balaban J connectivity index is 1.86. The zero-order valence-electron chi connectivity index (χ0n) is 14.5. The summed E-state index contributed by atoms with van der Waals surface area (Å²) in [6.07, 6.45) is 9.83. The van der Waals surface area contributed by atoms with E-state index in [1.54, 1.807) is 0 Å². The molecule has 0 aromatic rings. The van der Waals surface area contributed by atoms with Gasteiger partial charge in [-0.3, -0.25) is 0 Å². The van der Waals surface area contributed by atoms with E-state index >= 15 is 0 Å². The van der Waals surface area contributed by atoms with Gasteiger partial charge in [-0.2, -0.15) is 0 Å². The molecule has 2 aliphatic rings. The molecule has 1 N–H and O–H groups in total. The van der Waals surface area contributed by atoms with E-state index in [1.165, 1.54) is 77.7 Å². The van der Waals surface area contributed by atoms with Gasteiger partial charge in [-0.15, -0.1) is 0 Å². The predicted molar refractivity (Wildman–Crippen MR) is 89.7 cm³/mol. The number of rotatable bonds is 7. The number of ether oxygens (including phenoxy) is 1. The van der Waals surface area contributed by atoms with Gasteiger partial charge in [0.25, 0.3) is 0 Å². The molecule has 0 amide bonds. The maximum atomic E-state index is 5.51. The molecule has 3 nitrogen and oxygen atoms in total. The Kier molecular flexibility index (Phi) is 6.97. The van der Waals surface area contributed by atoms with Crippen molar-refractivity contribution in [3.63, 3.8) is 0 Å². The maximum absolute atomic E-state index is 5.51. The topological polar surface area (TPSA) is 24.5 Å². The van der Waals surface area contributed by atoms with E-state index in [0.717, 1.165) is 5.92 Å². The summed E-state index contributed by atoms with van der Waals surface area (Å²) in [4.78, 5) is 2.71. The predicted octanol–water partition coefficient (Wildman–Crippen LogP) is 3.29. The van der Waals surface area contributed by atoms with Gasteiger partial charge in [0.2, 0.25) is 0 Å². The van der Waals surface area contributed by atoms with Gasteiger partial charge >= 0.3 is 0 Å². The number of piperidine rings is 1. The van der Waals surface area contributed by atoms with Crippen molar-refractivity contribution in [3.05, 3.63) is 0 Å². The van der Waals surface area contributed by atoms with Gasteiger partial charge in [0.05, 0.1) is 6.10 Å². The van der Waals surface area contributed by atoms with Crippen LogP contribution in [0.3, 0.4) is 0 Å². The minimum atomic E-state index is 0.502. The lowest BCUT2D eigenvalue weighted by Crippen LogP contribution is -2.49. The molecule has 1 aliphatic heterocycles. The standard InChI is InChI=1S/C18H36N2O/c1-4-11-19-14-18(9-5-16(2)6-10-18)15-20-12-7-17(21-3)8-13-20/h16-17,19H,4-15H2,1-3H3. The van der Waals surface area contributed by atoms with Crippen molar-refractivity contribution in [1.29, 1.82) is 0 Å². The van der Waals surface area contributed by atoms with Gasteiger partial charge in [0.15, 0.2) is 0 Å². The van der Waals surface area contributed by atoms with E-state index in [1.807, 2.05) is 7.11 Å². The zero-order valence-corrected chi connectivity index (χ0v) is 14.5. The SMILES string of the molecule is CCCNCC1(CN2CCC(OC)CC2)CCC(C)CC1. The summed E-state index contributed by atoms with van der Waals surface area (Å²) in [5.74, 6) is 0.934. The second kappa shape index (κ2) is 8.50. The number of hydrogen-bond acceptors (Lipinski definition) is 3. The summed E-state index contributed by atoms with van der Waals surface area (Å²) in [6.45, 7) is 10.8. The highest BCUT2D eigenvalue weighted by atomic mass is 16.5. The Morgan fingerprint density at radius 1 is 1.14 bits per heavy atom. The Morgan fingerprint density at radius 2 is 1.81 bits per heavy atom. The molecule has 1 saturated heterocycles. The average molecular weight is 296 g/mol. The largest absolute Gasteiger partial charge is 0.381 e. The highest BCUT2D eigenvalue weighted by molar-refractivity contribution is 4.90. The maximum Gasteiger partial charge on any atom is 0.0595 e. The van der Waals surface area contributed by atoms with E-state index in [0.29, 0.717) is 11.5 Å². The van der Waals surface area contributed by atoms with Crippen LogP contribution in [-0.4, -0.2) is 50.8 Å². The second-order valence-electron chi connectivity index (χ2n) is 7.57. The van der Waals surface area contributed by atoms with Crippen molar-refractivity contribution < 1.29 is 4.74 Å². The monoisotopic (exact) mass is 296 g/mol. The van der Waals surface area contributed by atoms with Crippen LogP contribution in [0.25, 0.3) is 0 Å². The molecule has 1 aliphatic carbocycles. The Hall–Kier alpha value is -0.120. The number of nitrogens with zero attached hydrogens (tertiary/aromatic N) is 1. The van der Waals surface area contributed by atoms with Crippen molar-refractivity contribution in [2.45, 2.75) is 64.9 Å². The van der Waals surface area contributed by atoms with E-state index in [-0.39, 0.29) is 0 Å². The van der Waals surface area contributed by atoms with Crippen LogP contribution in [-0.2, 0) is 4.74 Å². The van der Waals surface area contributed by atoms with Gasteiger partial charge in [0, 0.05) is 33.3 Å². The zero-order chi connectivity index (χ0) is 15.1. The molecule has 0 aromatic heterocycles. The van der Waals surface area contributed by atoms with Crippen LogP contribution in [0.2, 0.25) is 0 Å². The van der Waals surface area contributed by atoms with Gasteiger partial charge < -0.3 is 15.0 Å². The van der Waals surface area contributed by atoms with Gasteiger partial charge in [-0.25, -0.2) is 0 Å².